The number of carbonyl (C=O) groups excluding carboxylic acids is 1. The summed E-state index contributed by atoms with van der Waals surface area (Å²) in [5, 5.41) is 12.0. The zero-order valence-electron chi connectivity index (χ0n) is 16.7. The van der Waals surface area contributed by atoms with Crippen LogP contribution in [0.1, 0.15) is 16.4 Å². The number of rotatable bonds is 4. The van der Waals surface area contributed by atoms with Crippen LogP contribution in [0.4, 0.5) is 4.39 Å². The molecule has 3 aliphatic heterocycles. The van der Waals surface area contributed by atoms with Gasteiger partial charge in [0.1, 0.15) is 16.8 Å². The first kappa shape index (κ1) is 19.1. The van der Waals surface area contributed by atoms with Crippen LogP contribution in [0.3, 0.4) is 0 Å². The number of Topliss-reactive ketones (excluding diaryl/α,β-unsaturated/α-hetero) is 1. The molecule has 4 heterocycles. The molecule has 6 nitrogen and oxygen atoms in total. The van der Waals surface area contributed by atoms with Gasteiger partial charge in [0.25, 0.3) is 0 Å². The third kappa shape index (κ3) is 3.06. The molecule has 32 heavy (non-hydrogen) atoms. The van der Waals surface area contributed by atoms with E-state index in [9.17, 15) is 9.18 Å². The van der Waals surface area contributed by atoms with E-state index in [4.69, 9.17) is 4.99 Å². The molecule has 2 atom stereocenters. The molecule has 156 valence electrons. The van der Waals surface area contributed by atoms with E-state index in [0.29, 0.717) is 17.7 Å². The molecular formula is C24H16FN5OS. The van der Waals surface area contributed by atoms with Crippen LogP contribution >= 0.6 is 11.8 Å². The van der Waals surface area contributed by atoms with E-state index in [0.717, 1.165) is 27.4 Å². The predicted octanol–water partition coefficient (Wildman–Crippen LogP) is 4.13. The number of dihydropyridines is 1. The minimum absolute atomic E-state index is 0.166. The number of aliphatic imine (C=N–C) groups is 1. The lowest BCUT2D eigenvalue weighted by atomic mass is 9.92. The third-order valence-electron chi connectivity index (χ3n) is 5.72. The molecule has 2 aromatic carbocycles. The molecule has 0 bridgehead atoms. The Morgan fingerprint density at radius 1 is 1.06 bits per heavy atom. The monoisotopic (exact) mass is 441 g/mol. The van der Waals surface area contributed by atoms with Crippen LogP contribution in [-0.4, -0.2) is 39.2 Å². The molecule has 0 aliphatic carbocycles. The van der Waals surface area contributed by atoms with Crippen LogP contribution in [-0.2, 0) is 11.2 Å². The molecule has 0 N–H and O–H groups in total. The van der Waals surface area contributed by atoms with E-state index in [-0.39, 0.29) is 17.6 Å². The topological polar surface area (TPSA) is 72.0 Å². The maximum absolute atomic E-state index is 14.4. The van der Waals surface area contributed by atoms with Gasteiger partial charge in [-0.05, 0) is 29.8 Å². The van der Waals surface area contributed by atoms with Gasteiger partial charge in [-0.15, -0.1) is 11.8 Å². The van der Waals surface area contributed by atoms with Crippen LogP contribution in [0.15, 0.2) is 92.7 Å². The SMILES string of the molecule is O=C1C2=NC(Cc3ccc(-n4cccn4)cc3)C3=NN=CC3=C2SC1c1ccccc1F. The molecule has 3 aliphatic rings. The Bertz CT molecular complexity index is 1360. The average molecular weight is 441 g/mol. The molecule has 1 fully saturated rings. The maximum Gasteiger partial charge on any atom is 0.199 e. The summed E-state index contributed by atoms with van der Waals surface area (Å²) >= 11 is 1.33. The van der Waals surface area contributed by atoms with E-state index >= 15 is 0 Å². The first-order valence-electron chi connectivity index (χ1n) is 10.2. The number of nitrogens with zero attached hydrogens (tertiary/aromatic N) is 5. The van der Waals surface area contributed by atoms with Crippen molar-refractivity contribution in [2.24, 2.45) is 15.2 Å². The van der Waals surface area contributed by atoms with Crippen LogP contribution in [0.2, 0.25) is 0 Å². The molecule has 8 heteroatoms. The van der Waals surface area contributed by atoms with Crippen molar-refractivity contribution in [1.29, 1.82) is 0 Å². The lowest BCUT2D eigenvalue weighted by molar-refractivity contribution is -0.112. The predicted molar refractivity (Wildman–Crippen MR) is 123 cm³/mol. The van der Waals surface area contributed by atoms with Gasteiger partial charge in [-0.1, -0.05) is 30.3 Å². The third-order valence-corrected chi connectivity index (χ3v) is 7.07. The lowest BCUT2D eigenvalue weighted by Gasteiger charge is -2.20. The number of thioether (sulfide) groups is 1. The summed E-state index contributed by atoms with van der Waals surface area (Å²) in [7, 11) is 0. The molecule has 0 spiro atoms. The number of ketones is 1. The van der Waals surface area contributed by atoms with Crippen molar-refractivity contribution in [2.45, 2.75) is 17.7 Å². The smallest absolute Gasteiger partial charge is 0.199 e. The minimum Gasteiger partial charge on any atom is -0.291 e. The summed E-state index contributed by atoms with van der Waals surface area (Å²) in [6.45, 7) is 0. The molecule has 0 radical (unpaired) electrons. The fourth-order valence-electron chi connectivity index (χ4n) is 4.15. The van der Waals surface area contributed by atoms with Gasteiger partial charge in [0, 0.05) is 34.9 Å². The zero-order valence-corrected chi connectivity index (χ0v) is 17.5. The second-order valence-electron chi connectivity index (χ2n) is 7.67. The summed E-state index contributed by atoms with van der Waals surface area (Å²) in [6.07, 6.45) is 5.89. The Morgan fingerprint density at radius 2 is 1.91 bits per heavy atom. The van der Waals surface area contributed by atoms with Gasteiger partial charge >= 0.3 is 0 Å². The number of fused-ring (bicyclic) bond motifs is 2. The number of aromatic nitrogens is 2. The van der Waals surface area contributed by atoms with Crippen LogP contribution < -0.4 is 0 Å². The van der Waals surface area contributed by atoms with Gasteiger partial charge in [-0.25, -0.2) is 9.07 Å². The highest BCUT2D eigenvalue weighted by Crippen LogP contribution is 2.47. The quantitative estimate of drug-likeness (QED) is 0.611. The van der Waals surface area contributed by atoms with Crippen molar-refractivity contribution in [2.75, 3.05) is 0 Å². The Labute approximate surface area is 187 Å². The Kier molecular flexibility index (Phi) is 4.46. The van der Waals surface area contributed by atoms with E-state index < -0.39 is 5.25 Å². The highest BCUT2D eigenvalue weighted by Gasteiger charge is 2.44. The second kappa shape index (κ2) is 7.49. The van der Waals surface area contributed by atoms with Gasteiger partial charge in [0.15, 0.2) is 5.78 Å². The first-order valence-corrected chi connectivity index (χ1v) is 11.0. The maximum atomic E-state index is 14.4. The van der Waals surface area contributed by atoms with Gasteiger partial charge in [-0.3, -0.25) is 9.79 Å². The number of hydrogen-bond acceptors (Lipinski definition) is 6. The fourth-order valence-corrected chi connectivity index (χ4v) is 5.47. The molecular weight excluding hydrogens is 425 g/mol. The molecule has 1 saturated heterocycles. The van der Waals surface area contributed by atoms with Crippen LogP contribution in [0.5, 0.6) is 0 Å². The van der Waals surface area contributed by atoms with Crippen molar-refractivity contribution < 1.29 is 9.18 Å². The van der Waals surface area contributed by atoms with Gasteiger partial charge in [0.05, 0.1) is 23.7 Å². The number of carbonyl (C=O) groups is 1. The minimum atomic E-state index is -0.639. The van der Waals surface area contributed by atoms with Crippen molar-refractivity contribution in [3.63, 3.8) is 0 Å². The Morgan fingerprint density at radius 3 is 2.69 bits per heavy atom. The van der Waals surface area contributed by atoms with Crippen molar-refractivity contribution in [3.8, 4) is 5.69 Å². The summed E-state index contributed by atoms with van der Waals surface area (Å²) in [4.78, 5) is 18.7. The molecule has 0 saturated carbocycles. The standard InChI is InChI=1S/C24H16FN5OS/c25-18-5-2-1-4-16(18)24-22(31)21-23(32-24)17-13-26-29-20(17)19(28-21)12-14-6-8-15(9-7-14)30-11-3-10-27-30/h1-11,13,19,24H,12H2. The first-order chi connectivity index (χ1) is 15.7. The van der Waals surface area contributed by atoms with E-state index in [1.54, 1.807) is 35.3 Å². The summed E-state index contributed by atoms with van der Waals surface area (Å²) in [5.74, 6) is -0.549. The molecule has 3 aromatic rings. The summed E-state index contributed by atoms with van der Waals surface area (Å²) in [6, 6.07) is 16.0. The highest BCUT2D eigenvalue weighted by atomic mass is 32.2. The number of benzene rings is 2. The van der Waals surface area contributed by atoms with Gasteiger partial charge in [-0.2, -0.15) is 15.3 Å². The van der Waals surface area contributed by atoms with E-state index in [1.807, 2.05) is 36.5 Å². The molecule has 6 rings (SSSR count). The van der Waals surface area contributed by atoms with Gasteiger partial charge in [0.2, 0.25) is 0 Å². The zero-order chi connectivity index (χ0) is 21.7. The summed E-state index contributed by atoms with van der Waals surface area (Å²) in [5.41, 5.74) is 4.40. The molecule has 2 unspecified atom stereocenters. The summed E-state index contributed by atoms with van der Waals surface area (Å²) < 4.78 is 16.2. The Balaban J connectivity index is 1.32. The van der Waals surface area contributed by atoms with Crippen molar-refractivity contribution in [3.05, 3.63) is 94.4 Å². The van der Waals surface area contributed by atoms with E-state index in [2.05, 4.69) is 15.3 Å². The van der Waals surface area contributed by atoms with Crippen molar-refractivity contribution >= 4 is 35.2 Å². The molecule has 0 amide bonds. The van der Waals surface area contributed by atoms with Crippen molar-refractivity contribution in [1.82, 2.24) is 9.78 Å². The largest absolute Gasteiger partial charge is 0.291 e. The van der Waals surface area contributed by atoms with Crippen LogP contribution in [0, 0.1) is 5.82 Å². The van der Waals surface area contributed by atoms with E-state index in [1.165, 1.54) is 17.8 Å². The lowest BCUT2D eigenvalue weighted by Crippen LogP contribution is -2.31. The average Bonchev–Trinajstić information content (AvgIpc) is 3.56. The van der Waals surface area contributed by atoms with Crippen LogP contribution in [0.25, 0.3) is 5.69 Å². The second-order valence-corrected chi connectivity index (χ2v) is 8.79. The fraction of sp³-hybridized carbons (Fsp3) is 0.125. The normalized spacial score (nSPS) is 21.5. The number of allylic oxidation sites excluding steroid dienone is 1. The van der Waals surface area contributed by atoms with Gasteiger partial charge < -0.3 is 0 Å². The number of hydrogen-bond donors (Lipinski definition) is 0. The molecule has 1 aromatic heterocycles. The Hall–Kier alpha value is -3.65. The highest BCUT2D eigenvalue weighted by molar-refractivity contribution is 8.06. The number of halogens is 1.